The SMILES string of the molecule is COCC(C)O.[Na]. The molecule has 0 spiro atoms. The Hall–Kier alpha value is 0.920. The Labute approximate surface area is 66.2 Å². The maximum atomic E-state index is 8.43. The summed E-state index contributed by atoms with van der Waals surface area (Å²) in [4.78, 5) is 0. The minimum Gasteiger partial charge on any atom is -0.391 e. The third kappa shape index (κ3) is 10.9. The minimum atomic E-state index is -0.324. The Morgan fingerprint density at radius 3 is 2.14 bits per heavy atom. The standard InChI is InChI=1S/C4H10O2.Na/c1-4(5)3-6-2;/h4-5H,3H2,1-2H3;. The van der Waals surface area contributed by atoms with Crippen LogP contribution in [0.4, 0.5) is 0 Å². The number of methoxy groups -OCH3 is 1. The van der Waals surface area contributed by atoms with Crippen molar-refractivity contribution in [1.29, 1.82) is 0 Å². The molecule has 0 aromatic heterocycles. The molecule has 0 saturated heterocycles. The summed E-state index contributed by atoms with van der Waals surface area (Å²) in [7, 11) is 1.56. The third-order valence-electron chi connectivity index (χ3n) is 0.408. The maximum Gasteiger partial charge on any atom is 0.0745 e. The van der Waals surface area contributed by atoms with Gasteiger partial charge in [-0.2, -0.15) is 0 Å². The first-order chi connectivity index (χ1) is 2.77. The van der Waals surface area contributed by atoms with Crippen LogP contribution in [0, 0.1) is 0 Å². The Morgan fingerprint density at radius 1 is 1.71 bits per heavy atom. The molecule has 1 N–H and O–H groups in total. The van der Waals surface area contributed by atoms with Crippen molar-refractivity contribution in [3.8, 4) is 0 Å². The van der Waals surface area contributed by atoms with Gasteiger partial charge in [0.1, 0.15) is 0 Å². The van der Waals surface area contributed by atoms with Crippen LogP contribution in [-0.4, -0.2) is 54.5 Å². The van der Waals surface area contributed by atoms with E-state index in [-0.39, 0.29) is 35.7 Å². The van der Waals surface area contributed by atoms with E-state index >= 15 is 0 Å². The smallest absolute Gasteiger partial charge is 0.0745 e. The number of hydrogen-bond donors (Lipinski definition) is 1. The van der Waals surface area contributed by atoms with Gasteiger partial charge in [-0.05, 0) is 6.92 Å². The summed E-state index contributed by atoms with van der Waals surface area (Å²) in [5, 5.41) is 8.43. The van der Waals surface area contributed by atoms with Crippen molar-refractivity contribution in [3.05, 3.63) is 0 Å². The van der Waals surface area contributed by atoms with Gasteiger partial charge in [-0.25, -0.2) is 0 Å². The first-order valence-corrected chi connectivity index (χ1v) is 1.94. The molecule has 0 heterocycles. The summed E-state index contributed by atoms with van der Waals surface area (Å²) in [6.07, 6.45) is -0.324. The monoisotopic (exact) mass is 113 g/mol. The van der Waals surface area contributed by atoms with Gasteiger partial charge >= 0.3 is 0 Å². The molecule has 0 bridgehead atoms. The first-order valence-electron chi connectivity index (χ1n) is 1.94. The van der Waals surface area contributed by atoms with Gasteiger partial charge in [0.05, 0.1) is 12.7 Å². The molecule has 39 valence electrons. The van der Waals surface area contributed by atoms with Gasteiger partial charge in [0.2, 0.25) is 0 Å². The fourth-order valence-corrected chi connectivity index (χ4v) is 0.241. The summed E-state index contributed by atoms with van der Waals surface area (Å²) in [5.74, 6) is 0. The molecule has 0 aliphatic carbocycles. The van der Waals surface area contributed by atoms with Gasteiger partial charge in [-0.1, -0.05) is 0 Å². The molecule has 0 aromatic rings. The van der Waals surface area contributed by atoms with Gasteiger partial charge < -0.3 is 9.84 Å². The minimum absolute atomic E-state index is 0. The summed E-state index contributed by atoms with van der Waals surface area (Å²) < 4.78 is 4.55. The van der Waals surface area contributed by atoms with Crippen LogP contribution < -0.4 is 0 Å². The van der Waals surface area contributed by atoms with E-state index in [1.165, 1.54) is 0 Å². The molecular weight excluding hydrogens is 103 g/mol. The summed E-state index contributed by atoms with van der Waals surface area (Å²) in [5.41, 5.74) is 0. The predicted octanol–water partition coefficient (Wildman–Crippen LogP) is -0.367. The third-order valence-corrected chi connectivity index (χ3v) is 0.408. The number of rotatable bonds is 2. The van der Waals surface area contributed by atoms with E-state index in [1.807, 2.05) is 0 Å². The molecule has 0 aliphatic rings. The van der Waals surface area contributed by atoms with E-state index in [0.717, 1.165) is 0 Å². The quantitative estimate of drug-likeness (QED) is 0.495. The van der Waals surface area contributed by atoms with Crippen LogP contribution in [0.25, 0.3) is 0 Å². The Bertz CT molecular complexity index is 30.9. The molecule has 0 saturated carbocycles. The van der Waals surface area contributed by atoms with Gasteiger partial charge in [-0.3, -0.25) is 0 Å². The van der Waals surface area contributed by atoms with Crippen LogP contribution >= 0.6 is 0 Å². The molecule has 2 nitrogen and oxygen atoms in total. The zero-order valence-electron chi connectivity index (χ0n) is 5.14. The van der Waals surface area contributed by atoms with Gasteiger partial charge in [-0.15, -0.1) is 0 Å². The van der Waals surface area contributed by atoms with E-state index in [9.17, 15) is 0 Å². The van der Waals surface area contributed by atoms with E-state index < -0.39 is 0 Å². The van der Waals surface area contributed by atoms with Crippen LogP contribution in [0.2, 0.25) is 0 Å². The van der Waals surface area contributed by atoms with Crippen LogP contribution in [-0.2, 0) is 4.74 Å². The zero-order chi connectivity index (χ0) is 4.99. The molecule has 1 unspecified atom stereocenters. The number of ether oxygens (including phenoxy) is 1. The van der Waals surface area contributed by atoms with Crippen molar-refractivity contribution in [2.45, 2.75) is 13.0 Å². The Balaban J connectivity index is 0. The molecule has 0 amide bonds. The second-order valence-electron chi connectivity index (χ2n) is 1.30. The molecule has 7 heavy (non-hydrogen) atoms. The molecule has 0 aliphatic heterocycles. The van der Waals surface area contributed by atoms with Gasteiger partial charge in [0.15, 0.2) is 0 Å². The summed E-state index contributed by atoms with van der Waals surface area (Å²) in [6, 6.07) is 0. The van der Waals surface area contributed by atoms with E-state index in [1.54, 1.807) is 14.0 Å². The molecule has 3 heteroatoms. The summed E-state index contributed by atoms with van der Waals surface area (Å²) >= 11 is 0. The molecular formula is C4H10NaO2. The molecule has 1 atom stereocenters. The van der Waals surface area contributed by atoms with Crippen molar-refractivity contribution in [1.82, 2.24) is 0 Å². The van der Waals surface area contributed by atoms with Crippen molar-refractivity contribution in [2.75, 3.05) is 13.7 Å². The second-order valence-corrected chi connectivity index (χ2v) is 1.30. The van der Waals surface area contributed by atoms with Crippen LogP contribution in [0.5, 0.6) is 0 Å². The number of aliphatic hydroxyl groups excluding tert-OH is 1. The van der Waals surface area contributed by atoms with Crippen LogP contribution in [0.15, 0.2) is 0 Å². The number of hydrogen-bond acceptors (Lipinski definition) is 2. The van der Waals surface area contributed by atoms with Crippen LogP contribution in [0.3, 0.4) is 0 Å². The van der Waals surface area contributed by atoms with Crippen molar-refractivity contribution >= 4 is 29.6 Å². The molecule has 0 aromatic carbocycles. The molecule has 1 radical (unpaired) electrons. The largest absolute Gasteiger partial charge is 0.391 e. The van der Waals surface area contributed by atoms with E-state index in [0.29, 0.717) is 6.61 Å². The molecule has 0 rings (SSSR count). The van der Waals surface area contributed by atoms with E-state index in [2.05, 4.69) is 4.74 Å². The zero-order valence-corrected chi connectivity index (χ0v) is 7.14. The van der Waals surface area contributed by atoms with Crippen molar-refractivity contribution in [3.63, 3.8) is 0 Å². The Morgan fingerprint density at radius 2 is 2.14 bits per heavy atom. The van der Waals surface area contributed by atoms with E-state index in [4.69, 9.17) is 5.11 Å². The Kier molecular flexibility index (Phi) is 10.7. The van der Waals surface area contributed by atoms with Crippen molar-refractivity contribution in [2.24, 2.45) is 0 Å². The number of aliphatic hydroxyl groups is 1. The molecule has 0 fully saturated rings. The maximum absolute atomic E-state index is 8.43. The van der Waals surface area contributed by atoms with Gasteiger partial charge in [0.25, 0.3) is 0 Å². The van der Waals surface area contributed by atoms with Crippen LogP contribution in [0.1, 0.15) is 6.92 Å². The fourth-order valence-electron chi connectivity index (χ4n) is 0.241. The summed E-state index contributed by atoms with van der Waals surface area (Å²) in [6.45, 7) is 2.11. The topological polar surface area (TPSA) is 29.5 Å². The second kappa shape index (κ2) is 6.92. The average molecular weight is 113 g/mol. The normalized spacial score (nSPS) is 12.4. The first kappa shape index (κ1) is 10.8. The van der Waals surface area contributed by atoms with Crippen molar-refractivity contribution < 1.29 is 9.84 Å². The van der Waals surface area contributed by atoms with Gasteiger partial charge in [0, 0.05) is 36.7 Å². The fraction of sp³-hybridized carbons (Fsp3) is 1.00. The average Bonchev–Trinajstić information content (AvgIpc) is 1.35. The predicted molar refractivity (Wildman–Crippen MR) is 29.3 cm³/mol.